The summed E-state index contributed by atoms with van der Waals surface area (Å²) in [4.78, 5) is 11.7. The highest BCUT2D eigenvalue weighted by Gasteiger charge is 2.23. The molecule has 1 aliphatic rings. The first-order valence-electron chi connectivity index (χ1n) is 7.40. The molecule has 2 rings (SSSR count). The largest absolute Gasteiger partial charge is 0.354 e. The van der Waals surface area contributed by atoms with Gasteiger partial charge in [0.1, 0.15) is 17.5 Å². The highest BCUT2D eigenvalue weighted by Crippen LogP contribution is 2.29. The van der Waals surface area contributed by atoms with Crippen LogP contribution in [-0.4, -0.2) is 34.1 Å². The quantitative estimate of drug-likeness (QED) is 0.642. The van der Waals surface area contributed by atoms with Gasteiger partial charge in [0.15, 0.2) is 0 Å². The molecule has 5 nitrogen and oxygen atoms in total. The van der Waals surface area contributed by atoms with Crippen LogP contribution in [0.2, 0.25) is 0 Å². The van der Waals surface area contributed by atoms with Crippen LogP contribution in [0.4, 0.5) is 11.6 Å². The van der Waals surface area contributed by atoms with Gasteiger partial charge in [0.05, 0.1) is 0 Å². The summed E-state index contributed by atoms with van der Waals surface area (Å²) in [5, 5.41) is 0.696. The molecule has 20 heavy (non-hydrogen) atoms. The smallest absolute Gasteiger partial charge is 0.148 e. The van der Waals surface area contributed by atoms with Gasteiger partial charge in [-0.25, -0.2) is 15.8 Å². The van der Waals surface area contributed by atoms with Gasteiger partial charge in [0.25, 0.3) is 0 Å². The van der Waals surface area contributed by atoms with Gasteiger partial charge in [-0.1, -0.05) is 13.8 Å². The topological polar surface area (TPSA) is 67.1 Å². The van der Waals surface area contributed by atoms with Crippen LogP contribution >= 0.6 is 11.8 Å². The Morgan fingerprint density at radius 1 is 1.40 bits per heavy atom. The normalized spacial score (nSPS) is 19.2. The number of aromatic nitrogens is 2. The van der Waals surface area contributed by atoms with Gasteiger partial charge in [-0.15, -0.1) is 0 Å². The number of nitrogens with zero attached hydrogens (tertiary/aromatic N) is 3. The van der Waals surface area contributed by atoms with Crippen LogP contribution < -0.4 is 16.2 Å². The zero-order valence-electron chi connectivity index (χ0n) is 12.6. The molecule has 0 aromatic carbocycles. The van der Waals surface area contributed by atoms with Crippen molar-refractivity contribution in [3.05, 3.63) is 11.4 Å². The number of nitrogen functional groups attached to an aromatic ring is 1. The van der Waals surface area contributed by atoms with Crippen LogP contribution in [0.3, 0.4) is 0 Å². The summed E-state index contributed by atoms with van der Waals surface area (Å²) in [7, 11) is 0. The third-order valence-corrected chi connectivity index (χ3v) is 5.04. The lowest BCUT2D eigenvalue weighted by molar-refractivity contribution is 0.709. The minimum absolute atomic E-state index is 0.696. The van der Waals surface area contributed by atoms with E-state index in [9.17, 15) is 0 Å². The van der Waals surface area contributed by atoms with E-state index in [0.717, 1.165) is 54.7 Å². The fourth-order valence-electron chi connectivity index (χ4n) is 2.49. The van der Waals surface area contributed by atoms with Gasteiger partial charge < -0.3 is 10.3 Å². The van der Waals surface area contributed by atoms with E-state index < -0.39 is 0 Å². The Bertz CT molecular complexity index is 451. The zero-order chi connectivity index (χ0) is 14.5. The lowest BCUT2D eigenvalue weighted by Crippen LogP contribution is -2.39. The van der Waals surface area contributed by atoms with Gasteiger partial charge in [0.2, 0.25) is 0 Å². The maximum atomic E-state index is 5.60. The molecule has 1 atom stereocenters. The lowest BCUT2D eigenvalue weighted by atomic mass is 10.2. The predicted molar refractivity (Wildman–Crippen MR) is 87.3 cm³/mol. The van der Waals surface area contributed by atoms with Crippen LogP contribution in [0.15, 0.2) is 0 Å². The molecule has 1 fully saturated rings. The second-order valence-corrected chi connectivity index (χ2v) is 6.59. The maximum absolute atomic E-state index is 5.60. The number of hydrogen-bond acceptors (Lipinski definition) is 6. The monoisotopic (exact) mass is 295 g/mol. The lowest BCUT2D eigenvalue weighted by Gasteiger charge is -2.34. The van der Waals surface area contributed by atoms with Crippen LogP contribution in [-0.2, 0) is 6.42 Å². The molecule has 1 saturated heterocycles. The summed E-state index contributed by atoms with van der Waals surface area (Å²) in [6.07, 6.45) is 3.14. The summed E-state index contributed by atoms with van der Waals surface area (Å²) in [5.41, 5.74) is 3.77. The molecule has 0 spiro atoms. The fraction of sp³-hybridized carbons (Fsp3) is 0.714. The van der Waals surface area contributed by atoms with Crippen molar-refractivity contribution in [1.82, 2.24) is 9.97 Å². The molecular weight excluding hydrogens is 270 g/mol. The summed E-state index contributed by atoms with van der Waals surface area (Å²) in [5.74, 6) is 9.46. The average molecular weight is 295 g/mol. The number of hydrazine groups is 1. The molecule has 0 amide bonds. The Balaban J connectivity index is 2.31. The van der Waals surface area contributed by atoms with E-state index in [1.54, 1.807) is 0 Å². The number of hydrogen-bond donors (Lipinski definition) is 2. The zero-order valence-corrected chi connectivity index (χ0v) is 13.5. The summed E-state index contributed by atoms with van der Waals surface area (Å²) < 4.78 is 0. The Hall–Kier alpha value is -1.01. The molecule has 6 heteroatoms. The van der Waals surface area contributed by atoms with E-state index in [0.29, 0.717) is 5.25 Å². The van der Waals surface area contributed by atoms with Gasteiger partial charge in [-0.05, 0) is 19.8 Å². The summed E-state index contributed by atoms with van der Waals surface area (Å²) >= 11 is 2.07. The molecule has 3 N–H and O–H groups in total. The number of thioether (sulfide) groups is 1. The molecule has 0 bridgehead atoms. The van der Waals surface area contributed by atoms with Crippen LogP contribution in [0.25, 0.3) is 0 Å². The predicted octanol–water partition coefficient (Wildman–Crippen LogP) is 2.35. The molecule has 2 heterocycles. The number of rotatable bonds is 5. The molecule has 0 aliphatic carbocycles. The van der Waals surface area contributed by atoms with Crippen LogP contribution in [0.5, 0.6) is 0 Å². The number of nitrogens with two attached hydrogens (primary N) is 1. The second kappa shape index (κ2) is 7.13. The van der Waals surface area contributed by atoms with E-state index in [2.05, 4.69) is 40.9 Å². The fourth-order valence-corrected chi connectivity index (χ4v) is 3.67. The van der Waals surface area contributed by atoms with E-state index in [4.69, 9.17) is 10.8 Å². The molecular formula is C14H25N5S. The molecule has 0 radical (unpaired) electrons. The van der Waals surface area contributed by atoms with E-state index in [1.165, 1.54) is 6.42 Å². The first kappa shape index (κ1) is 15.4. The SMILES string of the molecule is CCCc1nc(NN)c(C)c(N2CCSC(CC)C2)n1. The van der Waals surface area contributed by atoms with E-state index in [1.807, 2.05) is 6.92 Å². The second-order valence-electron chi connectivity index (χ2n) is 5.18. The Morgan fingerprint density at radius 3 is 2.85 bits per heavy atom. The van der Waals surface area contributed by atoms with Crippen LogP contribution in [0, 0.1) is 6.92 Å². The van der Waals surface area contributed by atoms with Crippen molar-refractivity contribution < 1.29 is 0 Å². The summed E-state index contributed by atoms with van der Waals surface area (Å²) in [6.45, 7) is 8.55. The molecule has 1 unspecified atom stereocenters. The van der Waals surface area contributed by atoms with Crippen molar-refractivity contribution in [3.63, 3.8) is 0 Å². The van der Waals surface area contributed by atoms with Crippen molar-refractivity contribution in [3.8, 4) is 0 Å². The number of anilines is 2. The van der Waals surface area contributed by atoms with Crippen molar-refractivity contribution >= 4 is 23.4 Å². The number of aryl methyl sites for hydroxylation is 1. The molecule has 0 saturated carbocycles. The first-order chi connectivity index (χ1) is 9.69. The van der Waals surface area contributed by atoms with Crippen molar-refractivity contribution in [2.24, 2.45) is 5.84 Å². The van der Waals surface area contributed by atoms with Gasteiger partial charge in [0, 0.05) is 36.1 Å². The Kier molecular flexibility index (Phi) is 5.48. The van der Waals surface area contributed by atoms with Gasteiger partial charge in [-0.3, -0.25) is 0 Å². The standard InChI is InChI=1S/C14H25N5S/c1-4-6-12-16-13(18-15)10(3)14(17-12)19-7-8-20-11(5-2)9-19/h11H,4-9,15H2,1-3H3,(H,16,17,18). The first-order valence-corrected chi connectivity index (χ1v) is 8.45. The van der Waals surface area contributed by atoms with Crippen molar-refractivity contribution in [2.75, 3.05) is 29.2 Å². The maximum Gasteiger partial charge on any atom is 0.148 e. The minimum Gasteiger partial charge on any atom is -0.354 e. The third-order valence-electron chi connectivity index (χ3n) is 3.67. The van der Waals surface area contributed by atoms with Gasteiger partial charge in [-0.2, -0.15) is 11.8 Å². The summed E-state index contributed by atoms with van der Waals surface area (Å²) in [6, 6.07) is 0. The van der Waals surface area contributed by atoms with Crippen LogP contribution in [0.1, 0.15) is 38.1 Å². The number of nitrogens with one attached hydrogen (secondary N) is 1. The molecule has 1 aromatic rings. The third kappa shape index (κ3) is 3.35. The molecule has 1 aromatic heterocycles. The van der Waals surface area contributed by atoms with E-state index >= 15 is 0 Å². The van der Waals surface area contributed by atoms with Crippen molar-refractivity contribution in [2.45, 2.75) is 45.3 Å². The Morgan fingerprint density at radius 2 is 2.20 bits per heavy atom. The molecule has 1 aliphatic heterocycles. The minimum atomic E-state index is 0.696. The van der Waals surface area contributed by atoms with Gasteiger partial charge >= 0.3 is 0 Å². The highest BCUT2D eigenvalue weighted by atomic mass is 32.2. The highest BCUT2D eigenvalue weighted by molar-refractivity contribution is 8.00. The average Bonchev–Trinajstić information content (AvgIpc) is 2.49. The van der Waals surface area contributed by atoms with Crippen molar-refractivity contribution in [1.29, 1.82) is 0 Å². The van der Waals surface area contributed by atoms with E-state index in [-0.39, 0.29) is 0 Å². The Labute approximate surface area is 125 Å². The molecule has 112 valence electrons.